The first-order valence-electron chi connectivity index (χ1n) is 13.8. The highest BCUT2D eigenvalue weighted by atomic mass is 16.5. The third-order valence-electron chi connectivity index (χ3n) is 7.06. The van der Waals surface area contributed by atoms with E-state index in [0.29, 0.717) is 49.7 Å². The molecule has 1 saturated carbocycles. The van der Waals surface area contributed by atoms with Crippen LogP contribution in [-0.4, -0.2) is 67.2 Å². The van der Waals surface area contributed by atoms with E-state index < -0.39 is 11.4 Å². The van der Waals surface area contributed by atoms with Gasteiger partial charge in [-0.1, -0.05) is 0 Å². The molecule has 0 spiro atoms. The summed E-state index contributed by atoms with van der Waals surface area (Å²) < 4.78 is 13.8. The van der Waals surface area contributed by atoms with Gasteiger partial charge in [-0.15, -0.1) is 0 Å². The normalized spacial score (nSPS) is 19.0. The van der Waals surface area contributed by atoms with Crippen molar-refractivity contribution in [2.75, 3.05) is 36.9 Å². The van der Waals surface area contributed by atoms with Crippen LogP contribution in [0.5, 0.6) is 11.8 Å². The zero-order valence-electron chi connectivity index (χ0n) is 23.9. The first-order valence-corrected chi connectivity index (χ1v) is 13.8. The fourth-order valence-corrected chi connectivity index (χ4v) is 4.60. The summed E-state index contributed by atoms with van der Waals surface area (Å²) in [6.45, 7) is 7.87. The minimum Gasteiger partial charge on any atom is -0.489 e. The van der Waals surface area contributed by atoms with Crippen molar-refractivity contribution in [3.63, 3.8) is 0 Å². The van der Waals surface area contributed by atoms with E-state index in [1.165, 1.54) is 0 Å². The summed E-state index contributed by atoms with van der Waals surface area (Å²) in [5.41, 5.74) is 7.28. The van der Waals surface area contributed by atoms with Gasteiger partial charge in [0.15, 0.2) is 11.6 Å². The van der Waals surface area contributed by atoms with Crippen LogP contribution in [-0.2, 0) is 7.05 Å². The number of nitrogens with one attached hydrogen (secondary N) is 1. The predicted octanol–water partition coefficient (Wildman–Crippen LogP) is 2.61. The molecule has 4 heterocycles. The average Bonchev–Trinajstić information content (AvgIpc) is 3.58. The molecule has 1 aliphatic heterocycles. The quantitative estimate of drug-likeness (QED) is 0.394. The molecule has 216 valence electrons. The molecule has 2 aliphatic rings. The van der Waals surface area contributed by atoms with Gasteiger partial charge in [0.2, 0.25) is 11.8 Å². The molecular weight excluding hydrogens is 524 g/mol. The van der Waals surface area contributed by atoms with Crippen molar-refractivity contribution in [1.82, 2.24) is 34.8 Å². The number of piperidine rings is 1. The molecule has 1 aliphatic carbocycles. The van der Waals surface area contributed by atoms with E-state index in [1.54, 1.807) is 12.5 Å². The number of nitrogens with zero attached hydrogens (tertiary/aromatic N) is 8. The Hall–Kier alpha value is -4.47. The van der Waals surface area contributed by atoms with Gasteiger partial charge in [-0.2, -0.15) is 20.2 Å². The maximum atomic E-state index is 12.9. The Labute approximate surface area is 239 Å². The molecule has 13 heteroatoms. The smallest absolute Gasteiger partial charge is 0.321 e. The number of imidazole rings is 1. The van der Waals surface area contributed by atoms with E-state index >= 15 is 0 Å². The number of aryl methyl sites for hydroxylation is 1. The van der Waals surface area contributed by atoms with Crippen LogP contribution in [0.3, 0.4) is 0 Å². The highest BCUT2D eigenvalue weighted by Crippen LogP contribution is 2.37. The summed E-state index contributed by atoms with van der Waals surface area (Å²) in [6, 6.07) is 4.22. The van der Waals surface area contributed by atoms with Crippen molar-refractivity contribution in [1.29, 1.82) is 5.26 Å². The number of hydrogen-bond donors (Lipinski definition) is 2. The molecule has 0 aromatic carbocycles. The van der Waals surface area contributed by atoms with Crippen LogP contribution in [0.25, 0.3) is 11.3 Å². The number of hydrogen-bond acceptors (Lipinski definition) is 11. The molecule has 13 nitrogen and oxygen atoms in total. The number of anilines is 2. The van der Waals surface area contributed by atoms with Crippen molar-refractivity contribution in [2.24, 2.45) is 24.8 Å². The number of rotatable bonds is 9. The van der Waals surface area contributed by atoms with Crippen LogP contribution in [0.2, 0.25) is 0 Å². The number of nitrogens with two attached hydrogens (primary N) is 1. The van der Waals surface area contributed by atoms with Gasteiger partial charge in [0.1, 0.15) is 0 Å². The van der Waals surface area contributed by atoms with E-state index in [1.807, 2.05) is 49.5 Å². The Morgan fingerprint density at radius 3 is 2.61 bits per heavy atom. The van der Waals surface area contributed by atoms with Gasteiger partial charge in [0, 0.05) is 49.6 Å². The van der Waals surface area contributed by atoms with Gasteiger partial charge in [0.25, 0.3) is 5.91 Å². The van der Waals surface area contributed by atoms with Gasteiger partial charge >= 0.3 is 6.01 Å². The monoisotopic (exact) mass is 560 g/mol. The highest BCUT2D eigenvalue weighted by Gasteiger charge is 2.38. The summed E-state index contributed by atoms with van der Waals surface area (Å²) in [5, 5.41) is 12.0. The van der Waals surface area contributed by atoms with E-state index in [4.69, 9.17) is 20.5 Å². The molecule has 3 aromatic rings. The fraction of sp³-hybridized carbons (Fsp3) is 0.536. The molecule has 3 N–H and O–H groups in total. The maximum absolute atomic E-state index is 12.9. The molecule has 0 bridgehead atoms. The van der Waals surface area contributed by atoms with Crippen LogP contribution in [0.4, 0.5) is 11.8 Å². The van der Waals surface area contributed by atoms with Gasteiger partial charge < -0.3 is 30.0 Å². The van der Waals surface area contributed by atoms with Gasteiger partial charge in [-0.05, 0) is 52.0 Å². The van der Waals surface area contributed by atoms with Crippen molar-refractivity contribution >= 4 is 17.7 Å². The third-order valence-corrected chi connectivity index (χ3v) is 7.06. The largest absolute Gasteiger partial charge is 0.489 e. The van der Waals surface area contributed by atoms with Crippen molar-refractivity contribution in [3.8, 4) is 29.1 Å². The number of carbonyl (C=O) groups excluding carboxylic acids is 1. The molecule has 0 radical (unpaired) electrons. The summed E-state index contributed by atoms with van der Waals surface area (Å²) >= 11 is 0. The topological polar surface area (TPSA) is 170 Å². The van der Waals surface area contributed by atoms with Crippen LogP contribution in [0.15, 0.2) is 24.8 Å². The van der Waals surface area contributed by atoms with Crippen molar-refractivity contribution < 1.29 is 14.3 Å². The molecule has 3 aromatic heterocycles. The van der Waals surface area contributed by atoms with E-state index in [0.717, 1.165) is 30.5 Å². The first-order chi connectivity index (χ1) is 19.6. The average molecular weight is 561 g/mol. The lowest BCUT2D eigenvalue weighted by Gasteiger charge is -2.32. The minimum atomic E-state index is -0.451. The Bertz CT molecular complexity index is 1440. The number of amides is 1. The maximum Gasteiger partial charge on any atom is 0.321 e. The summed E-state index contributed by atoms with van der Waals surface area (Å²) in [6.07, 6.45) is 7.82. The number of aromatic nitrogens is 6. The van der Waals surface area contributed by atoms with Crippen LogP contribution < -0.4 is 25.4 Å². The van der Waals surface area contributed by atoms with Crippen molar-refractivity contribution in [2.45, 2.75) is 45.6 Å². The zero-order valence-corrected chi connectivity index (χ0v) is 23.9. The number of nitrogen functional groups attached to an aromatic ring is 1. The Kier molecular flexibility index (Phi) is 7.92. The van der Waals surface area contributed by atoms with Crippen LogP contribution in [0, 0.1) is 29.1 Å². The number of ether oxygens (including phenoxy) is 2. The minimum absolute atomic E-state index is 0.00447. The number of carbonyl (C=O) groups is 1. The van der Waals surface area contributed by atoms with Gasteiger partial charge in [-0.25, -0.2) is 9.97 Å². The second-order valence-corrected chi connectivity index (χ2v) is 11.8. The summed E-state index contributed by atoms with van der Waals surface area (Å²) in [7, 11) is 1.91. The second kappa shape index (κ2) is 11.6. The number of pyridine rings is 1. The molecule has 0 unspecified atom stereocenters. The second-order valence-electron chi connectivity index (χ2n) is 11.8. The van der Waals surface area contributed by atoms with Gasteiger partial charge in [-0.3, -0.25) is 4.79 Å². The summed E-state index contributed by atoms with van der Waals surface area (Å²) in [5.74, 6) is 1.36. The van der Waals surface area contributed by atoms with Gasteiger partial charge in [0.05, 0.1) is 37.2 Å². The lowest BCUT2D eigenvalue weighted by molar-refractivity contribution is 0.0906. The molecular formula is C28H36N10O3. The molecule has 1 amide bonds. The lowest BCUT2D eigenvalue weighted by Crippen LogP contribution is -2.42. The SMILES string of the molecule is Cn1cnc(-c2cnc(N)c(OCC3CCN(c4nc(OC[C@H]5C[C@H]5C#N)nc(C(=O)NC(C)(C)C)n4)CC3)c2)c1. The van der Waals surface area contributed by atoms with Crippen molar-refractivity contribution in [3.05, 3.63) is 30.6 Å². The molecule has 2 atom stereocenters. The third kappa shape index (κ3) is 7.19. The molecule has 2 fully saturated rings. The molecule has 1 saturated heterocycles. The van der Waals surface area contributed by atoms with Crippen LogP contribution >= 0.6 is 0 Å². The Balaban J connectivity index is 1.22. The molecule has 41 heavy (non-hydrogen) atoms. The lowest BCUT2D eigenvalue weighted by atomic mass is 9.98. The van der Waals surface area contributed by atoms with E-state index in [2.05, 4.69) is 36.3 Å². The van der Waals surface area contributed by atoms with Crippen LogP contribution in [0.1, 0.15) is 50.7 Å². The highest BCUT2D eigenvalue weighted by molar-refractivity contribution is 5.91. The standard InChI is InChI=1S/C28H36N10O3/c1-28(2,3)36-25(39)24-33-26(35-27(34-24)41-15-20-9-18(20)11-29)38-7-5-17(6-8-38)14-40-22-10-19(12-31-23(22)30)21-13-37(4)16-32-21/h10,12-13,16-18,20H,5-9,14-15H2,1-4H3,(H2,30,31)(H,36,39)/t18-,20+/m0/s1. The zero-order chi connectivity index (χ0) is 29.1. The van der Waals surface area contributed by atoms with E-state index in [-0.39, 0.29) is 23.7 Å². The van der Waals surface area contributed by atoms with E-state index in [9.17, 15) is 4.79 Å². The summed E-state index contributed by atoms with van der Waals surface area (Å²) in [4.78, 5) is 36.8. The predicted molar refractivity (Wildman–Crippen MR) is 151 cm³/mol. The number of nitriles is 1. The molecule has 5 rings (SSSR count). The first kappa shape index (κ1) is 28.1. The fourth-order valence-electron chi connectivity index (χ4n) is 4.60. The Morgan fingerprint density at radius 1 is 1.17 bits per heavy atom. The Morgan fingerprint density at radius 2 is 1.95 bits per heavy atom.